The SMILES string of the molecule is CC(C)CC(=O)N1Cc2ccccc2CC1C(=O)NCC(=O)OCc1ccccc1. The number of fused-ring (bicyclic) bond motifs is 1. The molecule has 2 aromatic rings. The van der Waals surface area contributed by atoms with Gasteiger partial charge >= 0.3 is 5.97 Å². The Morgan fingerprint density at radius 1 is 1.03 bits per heavy atom. The standard InChI is InChI=1S/C24H28N2O4/c1-17(2)12-22(27)26-15-20-11-7-6-10-19(20)13-21(26)24(29)25-14-23(28)30-16-18-8-4-3-5-9-18/h3-11,17,21H,12-16H2,1-2H3,(H,25,29). The number of hydrogen-bond donors (Lipinski definition) is 1. The van der Waals surface area contributed by atoms with Crippen LogP contribution < -0.4 is 5.32 Å². The minimum atomic E-state index is -0.631. The Morgan fingerprint density at radius 2 is 1.70 bits per heavy atom. The van der Waals surface area contributed by atoms with Gasteiger partial charge in [0, 0.05) is 19.4 Å². The maximum absolute atomic E-state index is 12.9. The third-order valence-electron chi connectivity index (χ3n) is 5.10. The van der Waals surface area contributed by atoms with Crippen LogP contribution in [-0.2, 0) is 38.7 Å². The normalized spacial score (nSPS) is 15.4. The van der Waals surface area contributed by atoms with Crippen molar-refractivity contribution in [1.82, 2.24) is 10.2 Å². The largest absolute Gasteiger partial charge is 0.460 e. The van der Waals surface area contributed by atoms with E-state index in [1.807, 2.05) is 68.4 Å². The number of ether oxygens (including phenoxy) is 1. The van der Waals surface area contributed by atoms with Gasteiger partial charge in [-0.05, 0) is 22.6 Å². The summed E-state index contributed by atoms with van der Waals surface area (Å²) in [5, 5.41) is 2.65. The fourth-order valence-electron chi connectivity index (χ4n) is 3.55. The molecule has 1 atom stereocenters. The van der Waals surface area contributed by atoms with Crippen LogP contribution in [0.25, 0.3) is 0 Å². The lowest BCUT2D eigenvalue weighted by Crippen LogP contribution is -2.53. The van der Waals surface area contributed by atoms with Crippen LogP contribution in [0.2, 0.25) is 0 Å². The molecule has 6 heteroatoms. The van der Waals surface area contributed by atoms with E-state index in [1.165, 1.54) is 0 Å². The van der Waals surface area contributed by atoms with Crippen molar-refractivity contribution < 1.29 is 19.1 Å². The van der Waals surface area contributed by atoms with Crippen LogP contribution in [0.1, 0.15) is 37.0 Å². The molecule has 0 spiro atoms. The summed E-state index contributed by atoms with van der Waals surface area (Å²) in [6.07, 6.45) is 0.815. The van der Waals surface area contributed by atoms with Crippen molar-refractivity contribution in [1.29, 1.82) is 0 Å². The lowest BCUT2D eigenvalue weighted by molar-refractivity contribution is -0.146. The van der Waals surface area contributed by atoms with Gasteiger partial charge in [-0.3, -0.25) is 14.4 Å². The van der Waals surface area contributed by atoms with Gasteiger partial charge in [0.2, 0.25) is 11.8 Å². The monoisotopic (exact) mass is 408 g/mol. The second kappa shape index (κ2) is 10.1. The van der Waals surface area contributed by atoms with Gasteiger partial charge in [-0.1, -0.05) is 68.4 Å². The van der Waals surface area contributed by atoms with Gasteiger partial charge in [-0.25, -0.2) is 0 Å². The summed E-state index contributed by atoms with van der Waals surface area (Å²) in [6, 6.07) is 16.6. The van der Waals surface area contributed by atoms with E-state index in [-0.39, 0.29) is 30.9 Å². The Kier molecular flexibility index (Phi) is 7.22. The summed E-state index contributed by atoms with van der Waals surface area (Å²) in [4.78, 5) is 39.3. The molecule has 158 valence electrons. The summed E-state index contributed by atoms with van der Waals surface area (Å²) in [5.74, 6) is -0.695. The first kappa shape index (κ1) is 21.6. The van der Waals surface area contributed by atoms with Gasteiger partial charge in [0.1, 0.15) is 19.2 Å². The van der Waals surface area contributed by atoms with E-state index in [4.69, 9.17) is 4.74 Å². The van der Waals surface area contributed by atoms with Crippen molar-refractivity contribution in [2.75, 3.05) is 6.54 Å². The van der Waals surface area contributed by atoms with Crippen LogP contribution in [0.5, 0.6) is 0 Å². The average molecular weight is 408 g/mol. The van der Waals surface area contributed by atoms with Crippen LogP contribution in [0, 0.1) is 5.92 Å². The molecule has 1 heterocycles. The fraction of sp³-hybridized carbons (Fsp3) is 0.375. The molecule has 1 aliphatic rings. The third kappa shape index (κ3) is 5.69. The van der Waals surface area contributed by atoms with Gasteiger partial charge in [-0.15, -0.1) is 0 Å². The molecule has 0 saturated heterocycles. The van der Waals surface area contributed by atoms with Crippen LogP contribution in [-0.4, -0.2) is 35.3 Å². The van der Waals surface area contributed by atoms with Crippen LogP contribution in [0.4, 0.5) is 0 Å². The Balaban J connectivity index is 1.61. The van der Waals surface area contributed by atoms with Gasteiger partial charge in [0.05, 0.1) is 0 Å². The number of nitrogens with zero attached hydrogens (tertiary/aromatic N) is 1. The zero-order valence-corrected chi connectivity index (χ0v) is 17.5. The highest BCUT2D eigenvalue weighted by Crippen LogP contribution is 2.25. The summed E-state index contributed by atoms with van der Waals surface area (Å²) in [5.41, 5.74) is 2.99. The van der Waals surface area contributed by atoms with E-state index in [1.54, 1.807) is 4.90 Å². The molecule has 0 bridgehead atoms. The van der Waals surface area contributed by atoms with E-state index in [2.05, 4.69) is 5.32 Å². The number of rotatable bonds is 7. The smallest absolute Gasteiger partial charge is 0.325 e. The Bertz CT molecular complexity index is 895. The van der Waals surface area contributed by atoms with Crippen molar-refractivity contribution in [2.24, 2.45) is 5.92 Å². The van der Waals surface area contributed by atoms with E-state index in [0.29, 0.717) is 19.4 Å². The molecular weight excluding hydrogens is 380 g/mol. The number of nitrogens with one attached hydrogen (secondary N) is 1. The molecular formula is C24H28N2O4. The number of benzene rings is 2. The number of esters is 1. The Labute approximate surface area is 177 Å². The van der Waals surface area contributed by atoms with Crippen molar-refractivity contribution in [2.45, 2.75) is 45.9 Å². The molecule has 2 amide bonds. The van der Waals surface area contributed by atoms with Crippen LogP contribution in [0.15, 0.2) is 54.6 Å². The number of carbonyl (C=O) groups is 3. The lowest BCUT2D eigenvalue weighted by atomic mass is 9.92. The maximum Gasteiger partial charge on any atom is 0.325 e. The van der Waals surface area contributed by atoms with E-state index < -0.39 is 12.0 Å². The van der Waals surface area contributed by atoms with Crippen LogP contribution in [0.3, 0.4) is 0 Å². The molecule has 0 fully saturated rings. The molecule has 0 aromatic heterocycles. The predicted molar refractivity (Wildman–Crippen MR) is 113 cm³/mol. The molecule has 6 nitrogen and oxygen atoms in total. The van der Waals surface area contributed by atoms with Gasteiger partial charge in [-0.2, -0.15) is 0 Å². The Morgan fingerprint density at radius 3 is 2.40 bits per heavy atom. The van der Waals surface area contributed by atoms with Crippen molar-refractivity contribution in [3.05, 3.63) is 71.3 Å². The molecule has 1 aliphatic heterocycles. The number of hydrogen-bond acceptors (Lipinski definition) is 4. The quantitative estimate of drug-likeness (QED) is 0.715. The predicted octanol–water partition coefficient (Wildman–Crippen LogP) is 2.85. The molecule has 30 heavy (non-hydrogen) atoms. The molecule has 0 radical (unpaired) electrons. The zero-order chi connectivity index (χ0) is 21.5. The summed E-state index contributed by atoms with van der Waals surface area (Å²) in [7, 11) is 0. The maximum atomic E-state index is 12.9. The zero-order valence-electron chi connectivity index (χ0n) is 17.5. The molecule has 3 rings (SSSR count). The van der Waals surface area contributed by atoms with Crippen molar-refractivity contribution >= 4 is 17.8 Å². The Hall–Kier alpha value is -3.15. The molecule has 0 saturated carbocycles. The number of carbonyl (C=O) groups excluding carboxylic acids is 3. The minimum absolute atomic E-state index is 0.0497. The van der Waals surface area contributed by atoms with Crippen molar-refractivity contribution in [3.8, 4) is 0 Å². The van der Waals surface area contributed by atoms with Crippen LogP contribution >= 0.6 is 0 Å². The first-order valence-electron chi connectivity index (χ1n) is 10.3. The third-order valence-corrected chi connectivity index (χ3v) is 5.10. The lowest BCUT2D eigenvalue weighted by Gasteiger charge is -2.36. The highest BCUT2D eigenvalue weighted by atomic mass is 16.5. The summed E-state index contributed by atoms with van der Waals surface area (Å²) < 4.78 is 5.21. The second-order valence-electron chi connectivity index (χ2n) is 7.97. The van der Waals surface area contributed by atoms with Gasteiger partial charge < -0.3 is 15.0 Å². The molecule has 1 unspecified atom stereocenters. The number of amides is 2. The topological polar surface area (TPSA) is 75.7 Å². The minimum Gasteiger partial charge on any atom is -0.460 e. The second-order valence-corrected chi connectivity index (χ2v) is 7.97. The first-order chi connectivity index (χ1) is 14.4. The summed E-state index contributed by atoms with van der Waals surface area (Å²) >= 11 is 0. The van der Waals surface area contributed by atoms with E-state index >= 15 is 0 Å². The van der Waals surface area contributed by atoms with Gasteiger partial charge in [0.25, 0.3) is 0 Å². The molecule has 0 aliphatic carbocycles. The highest BCUT2D eigenvalue weighted by molar-refractivity contribution is 5.90. The molecule has 2 aromatic carbocycles. The average Bonchev–Trinajstić information content (AvgIpc) is 2.75. The van der Waals surface area contributed by atoms with Gasteiger partial charge in [0.15, 0.2) is 0 Å². The highest BCUT2D eigenvalue weighted by Gasteiger charge is 2.34. The summed E-state index contributed by atoms with van der Waals surface area (Å²) in [6.45, 7) is 4.29. The van der Waals surface area contributed by atoms with E-state index in [0.717, 1.165) is 16.7 Å². The van der Waals surface area contributed by atoms with Crippen molar-refractivity contribution in [3.63, 3.8) is 0 Å². The molecule has 1 N–H and O–H groups in total. The van der Waals surface area contributed by atoms with E-state index in [9.17, 15) is 14.4 Å². The first-order valence-corrected chi connectivity index (χ1v) is 10.3. The fourth-order valence-corrected chi connectivity index (χ4v) is 3.55.